The predicted octanol–water partition coefficient (Wildman–Crippen LogP) is 3.30. The average Bonchev–Trinajstić information content (AvgIpc) is 3.41. The molecule has 5 rings (SSSR count). The number of hydrogen-bond acceptors (Lipinski definition) is 8. The summed E-state index contributed by atoms with van der Waals surface area (Å²) in [6.45, 7) is 9.12. The number of rotatable bonds is 7. The lowest BCUT2D eigenvalue weighted by Gasteiger charge is -2.34. The molecule has 0 unspecified atom stereocenters. The van der Waals surface area contributed by atoms with Gasteiger partial charge in [-0.2, -0.15) is 0 Å². The van der Waals surface area contributed by atoms with Crippen molar-refractivity contribution < 1.29 is 28.8 Å². The molecular formula is C28H35N3O6. The van der Waals surface area contributed by atoms with E-state index in [0.29, 0.717) is 31.1 Å². The van der Waals surface area contributed by atoms with Gasteiger partial charge in [-0.25, -0.2) is 4.98 Å². The number of carbonyl (C=O) groups is 1. The van der Waals surface area contributed by atoms with E-state index < -0.39 is 23.4 Å². The van der Waals surface area contributed by atoms with Crippen molar-refractivity contribution in [2.24, 2.45) is 5.41 Å². The topological polar surface area (TPSA) is 93.6 Å². The molecule has 1 aromatic carbocycles. The first-order valence-electron chi connectivity index (χ1n) is 12.6. The molecule has 0 spiro atoms. The number of benzene rings is 1. The summed E-state index contributed by atoms with van der Waals surface area (Å²) in [6.07, 6.45) is 2.39. The second kappa shape index (κ2) is 9.63. The van der Waals surface area contributed by atoms with Crippen LogP contribution in [0.25, 0.3) is 0 Å². The van der Waals surface area contributed by atoms with E-state index >= 15 is 0 Å². The normalized spacial score (nSPS) is 27.5. The molecule has 4 atom stereocenters. The lowest BCUT2D eigenvalue weighted by Crippen LogP contribution is -2.42. The Morgan fingerprint density at radius 3 is 2.62 bits per heavy atom. The fourth-order valence-corrected chi connectivity index (χ4v) is 5.28. The summed E-state index contributed by atoms with van der Waals surface area (Å²) < 4.78 is 23.2. The second-order valence-corrected chi connectivity index (χ2v) is 10.7. The highest BCUT2D eigenvalue weighted by atomic mass is 16.7. The molecule has 0 saturated carbocycles. The summed E-state index contributed by atoms with van der Waals surface area (Å²) in [6, 6.07) is 11.6. The summed E-state index contributed by atoms with van der Waals surface area (Å²) in [5, 5.41) is 10.8. The van der Waals surface area contributed by atoms with Crippen molar-refractivity contribution in [3.63, 3.8) is 0 Å². The third kappa shape index (κ3) is 4.91. The molecule has 198 valence electrons. The Hall–Kier alpha value is -3.14. The van der Waals surface area contributed by atoms with Gasteiger partial charge in [0, 0.05) is 36.8 Å². The number of methoxy groups -OCH3 is 1. The summed E-state index contributed by atoms with van der Waals surface area (Å²) in [7, 11) is 1.61. The molecule has 4 heterocycles. The summed E-state index contributed by atoms with van der Waals surface area (Å²) >= 11 is 0. The fourth-order valence-electron chi connectivity index (χ4n) is 5.28. The fraction of sp³-hybridized carbons (Fsp3) is 0.500. The molecule has 37 heavy (non-hydrogen) atoms. The highest BCUT2D eigenvalue weighted by Crippen LogP contribution is 2.47. The first-order valence-corrected chi connectivity index (χ1v) is 12.6. The van der Waals surface area contributed by atoms with Gasteiger partial charge in [0.25, 0.3) is 5.91 Å². The van der Waals surface area contributed by atoms with Gasteiger partial charge in [0.15, 0.2) is 23.4 Å². The number of pyridine rings is 1. The molecule has 3 aliphatic heterocycles. The van der Waals surface area contributed by atoms with E-state index in [0.717, 1.165) is 17.1 Å². The molecule has 2 saturated heterocycles. The molecule has 1 N–H and O–H groups in total. The van der Waals surface area contributed by atoms with Gasteiger partial charge in [-0.1, -0.05) is 19.1 Å². The van der Waals surface area contributed by atoms with Crippen molar-refractivity contribution in [1.82, 2.24) is 9.88 Å². The Balaban J connectivity index is 1.37. The predicted molar refractivity (Wildman–Crippen MR) is 137 cm³/mol. The van der Waals surface area contributed by atoms with E-state index in [1.165, 1.54) is 0 Å². The van der Waals surface area contributed by atoms with Gasteiger partial charge in [-0.15, -0.1) is 0 Å². The first kappa shape index (κ1) is 25.5. The molecule has 0 radical (unpaired) electrons. The molecule has 2 aromatic rings. The lowest BCUT2D eigenvalue weighted by molar-refractivity contribution is -0.159. The van der Waals surface area contributed by atoms with Gasteiger partial charge in [0.1, 0.15) is 11.6 Å². The van der Waals surface area contributed by atoms with Crippen LogP contribution in [0.4, 0.5) is 5.82 Å². The smallest absolute Gasteiger partial charge is 0.254 e. The van der Waals surface area contributed by atoms with Crippen LogP contribution in [0.5, 0.6) is 11.5 Å². The maximum absolute atomic E-state index is 13.3. The number of aliphatic hydroxyl groups is 1. The van der Waals surface area contributed by atoms with Crippen LogP contribution in [0.15, 0.2) is 54.6 Å². The number of hydrogen-bond donors (Lipinski definition) is 1. The van der Waals surface area contributed by atoms with Crippen LogP contribution in [0.3, 0.4) is 0 Å². The minimum absolute atomic E-state index is 0.111. The highest BCUT2D eigenvalue weighted by molar-refractivity contribution is 5.82. The number of aromatic nitrogens is 1. The Morgan fingerprint density at radius 1 is 1.22 bits per heavy atom. The number of nitrogens with zero attached hydrogens (tertiary/aromatic N) is 3. The molecular weight excluding hydrogens is 474 g/mol. The van der Waals surface area contributed by atoms with Crippen molar-refractivity contribution in [1.29, 1.82) is 0 Å². The van der Waals surface area contributed by atoms with Crippen molar-refractivity contribution in [2.75, 3.05) is 38.3 Å². The quantitative estimate of drug-likeness (QED) is 0.608. The molecule has 3 aliphatic rings. The number of anilines is 1. The molecule has 1 amide bonds. The molecule has 2 fully saturated rings. The third-order valence-electron chi connectivity index (χ3n) is 7.68. The number of ether oxygens (including phenoxy) is 4. The summed E-state index contributed by atoms with van der Waals surface area (Å²) in [4.78, 5) is 21.5. The number of aliphatic hydroxyl groups excluding tert-OH is 1. The Morgan fingerprint density at radius 2 is 2.00 bits per heavy atom. The van der Waals surface area contributed by atoms with Crippen molar-refractivity contribution >= 4 is 11.7 Å². The zero-order valence-corrected chi connectivity index (χ0v) is 22.0. The van der Waals surface area contributed by atoms with E-state index in [9.17, 15) is 9.90 Å². The number of carbonyl (C=O) groups excluding carboxylic acids is 1. The van der Waals surface area contributed by atoms with Gasteiger partial charge >= 0.3 is 0 Å². The number of likely N-dealkylation sites (tertiary alicyclic amines) is 1. The molecule has 0 bridgehead atoms. The monoisotopic (exact) mass is 509 g/mol. The van der Waals surface area contributed by atoms with Crippen LogP contribution in [0.1, 0.15) is 39.2 Å². The first-order chi connectivity index (χ1) is 17.6. The van der Waals surface area contributed by atoms with Crippen LogP contribution in [-0.2, 0) is 14.3 Å². The third-order valence-corrected chi connectivity index (χ3v) is 7.68. The molecule has 9 heteroatoms. The SMILES string of the molecule is COc1ccc([C@@H]2CN(C(=O)[C@@H]3COC(C)(C)O3)C[C@@]2(C)[C@@H](C)O)cc1OC1=CN(c2ccccn2)C1. The van der Waals surface area contributed by atoms with Crippen molar-refractivity contribution in [3.8, 4) is 11.5 Å². The van der Waals surface area contributed by atoms with E-state index in [1.807, 2.05) is 54.4 Å². The van der Waals surface area contributed by atoms with Crippen LogP contribution in [-0.4, -0.2) is 72.2 Å². The zero-order chi connectivity index (χ0) is 26.4. The van der Waals surface area contributed by atoms with Crippen LogP contribution < -0.4 is 14.4 Å². The Labute approximate surface area is 217 Å². The molecule has 0 aliphatic carbocycles. The van der Waals surface area contributed by atoms with Crippen molar-refractivity contribution in [3.05, 3.63) is 60.1 Å². The second-order valence-electron chi connectivity index (χ2n) is 10.7. The standard InChI is InChI=1S/C28H35N3O6/c1-18(32)28(4)17-31(26(33)24-16-35-27(2,3)37-24)15-21(28)19-9-10-22(34-5)23(12-19)36-20-13-30(14-20)25-8-6-7-11-29-25/h6-13,18,21,24,32H,14-17H2,1-5H3/t18-,21+,24+,28+/m1/s1. The maximum atomic E-state index is 13.3. The van der Waals surface area contributed by atoms with E-state index in [4.69, 9.17) is 18.9 Å². The maximum Gasteiger partial charge on any atom is 0.254 e. The summed E-state index contributed by atoms with van der Waals surface area (Å²) in [5.41, 5.74) is 0.419. The summed E-state index contributed by atoms with van der Waals surface area (Å²) in [5.74, 6) is 1.86. The minimum Gasteiger partial charge on any atom is -0.493 e. The average molecular weight is 510 g/mol. The van der Waals surface area contributed by atoms with E-state index in [1.54, 1.807) is 39.0 Å². The van der Waals surface area contributed by atoms with Crippen LogP contribution >= 0.6 is 0 Å². The highest BCUT2D eigenvalue weighted by Gasteiger charge is 2.50. The molecule has 9 nitrogen and oxygen atoms in total. The van der Waals surface area contributed by atoms with Crippen LogP contribution in [0.2, 0.25) is 0 Å². The van der Waals surface area contributed by atoms with E-state index in [-0.39, 0.29) is 18.4 Å². The Kier molecular flexibility index (Phi) is 6.64. The Bertz CT molecular complexity index is 1180. The number of amides is 1. The van der Waals surface area contributed by atoms with Gasteiger partial charge in [0.05, 0.1) is 26.4 Å². The van der Waals surface area contributed by atoms with Gasteiger partial charge in [-0.3, -0.25) is 4.79 Å². The lowest BCUT2D eigenvalue weighted by atomic mass is 9.72. The molecule has 1 aromatic heterocycles. The van der Waals surface area contributed by atoms with Crippen molar-refractivity contribution in [2.45, 2.75) is 51.6 Å². The largest absolute Gasteiger partial charge is 0.493 e. The minimum atomic E-state index is -0.780. The van der Waals surface area contributed by atoms with Crippen LogP contribution in [0, 0.1) is 5.41 Å². The van der Waals surface area contributed by atoms with E-state index in [2.05, 4.69) is 4.98 Å². The van der Waals surface area contributed by atoms with Gasteiger partial charge < -0.3 is 33.9 Å². The zero-order valence-electron chi connectivity index (χ0n) is 22.0. The van der Waals surface area contributed by atoms with Gasteiger partial charge in [0.2, 0.25) is 0 Å². The van der Waals surface area contributed by atoms with Gasteiger partial charge in [-0.05, 0) is 50.6 Å².